The molecule has 0 spiro atoms. The Kier molecular flexibility index (Phi) is 66.5. The van der Waals surface area contributed by atoms with Gasteiger partial charge in [-0.3, -0.25) is 87.8 Å². The molecule has 0 bridgehead atoms. The molecular formula is C81H155N5O54P6. The van der Waals surface area contributed by atoms with Crippen LogP contribution in [0.25, 0.3) is 0 Å². The number of carbonyl (C=O) groups is 7. The molecule has 3 aliphatic heterocycles. The van der Waals surface area contributed by atoms with E-state index in [-0.39, 0.29) is 12.8 Å². The summed E-state index contributed by atoms with van der Waals surface area (Å²) in [7, 11) is -33.3. The van der Waals surface area contributed by atoms with Gasteiger partial charge in [-0.15, -0.1) is 0 Å². The van der Waals surface area contributed by atoms with Gasteiger partial charge in [0.25, 0.3) is 0 Å². The van der Waals surface area contributed by atoms with E-state index in [4.69, 9.17) is 130 Å². The van der Waals surface area contributed by atoms with Crippen LogP contribution in [0.4, 0.5) is 0 Å². The molecule has 3 aliphatic rings. The SMILES string of the molecule is CCCCCCCCCCCCCC(=O)OC[C@H](CO[C@@H]1O[C@H](CO[C@@H]2O[C@H](COP(=O)(O)OC[C@H](COP(=O)(O)OC[C@H](COP(=O)(O)OC[C@H](COP(=O)(O)OC[C@H](COP(=O)(O)OC[C@H](COP(=O)(O)OC[C@@H](O)CO)OC(=O)[C@@H](C)N)OC(=O)[C@@H](C)N)OC(=O)[C@@H](C)N)OC(=O)[C@@H](C)N)O[C@H]3O[C@H](CO)[C@@H](O)[C@H](O)[C@H]3NC(C)=O)[C@@H](O)[C@H](O)[C@H]2O)[C@@H](O)[C@H](O)[C@H]1O)OC(=O)CCCCCCCCCCCCC. The lowest BCUT2D eigenvalue weighted by Gasteiger charge is -2.43. The number of aliphatic hydroxyl groups excluding tert-OH is 11. The monoisotopic (exact) mass is 2250 g/mol. The zero-order valence-corrected chi connectivity index (χ0v) is 88.1. The van der Waals surface area contributed by atoms with Gasteiger partial charge in [-0.1, -0.05) is 142 Å². The van der Waals surface area contributed by atoms with Crippen LogP contribution in [0.15, 0.2) is 0 Å². The van der Waals surface area contributed by atoms with Gasteiger partial charge >= 0.3 is 82.8 Å². The number of phosphoric ester groups is 6. The van der Waals surface area contributed by atoms with Crippen molar-refractivity contribution in [3.63, 3.8) is 0 Å². The molecule has 3 fully saturated rings. The van der Waals surface area contributed by atoms with Gasteiger partial charge in [0.15, 0.2) is 25.0 Å². The molecule has 0 aromatic heterocycles. The van der Waals surface area contributed by atoms with Crippen molar-refractivity contribution in [2.75, 3.05) is 112 Å². The number of carbonyl (C=O) groups excluding carboxylic acids is 7. The Labute approximate surface area is 844 Å². The average molecular weight is 2250 g/mol. The molecule has 26 N–H and O–H groups in total. The van der Waals surface area contributed by atoms with Gasteiger partial charge in [0.1, 0.15) is 141 Å². The summed E-state index contributed by atoms with van der Waals surface area (Å²) >= 11 is 0. The number of phosphoric acid groups is 6. The molecule has 0 saturated carbocycles. The summed E-state index contributed by atoms with van der Waals surface area (Å²) in [5.41, 5.74) is 22.3. The third kappa shape index (κ3) is 57.5. The predicted octanol–water partition coefficient (Wildman–Crippen LogP) is -0.988. The summed E-state index contributed by atoms with van der Waals surface area (Å²) in [6.45, 7) is -9.80. The quantitative estimate of drug-likeness (QED) is 0.0150. The second-order valence-electron chi connectivity index (χ2n) is 34.8. The van der Waals surface area contributed by atoms with Gasteiger partial charge in [0.05, 0.1) is 106 Å². The first-order chi connectivity index (χ1) is 68.5. The Morgan fingerprint density at radius 1 is 0.322 bits per heavy atom. The van der Waals surface area contributed by atoms with Gasteiger partial charge in [-0.25, -0.2) is 27.4 Å². The lowest BCUT2D eigenvalue weighted by Crippen LogP contribution is -2.65. The van der Waals surface area contributed by atoms with E-state index < -0.39 is 360 Å². The van der Waals surface area contributed by atoms with Crippen LogP contribution in [0.2, 0.25) is 0 Å². The highest BCUT2D eigenvalue weighted by Crippen LogP contribution is 2.50. The van der Waals surface area contributed by atoms with E-state index in [1.54, 1.807) is 0 Å². The molecule has 3 saturated heterocycles. The van der Waals surface area contributed by atoms with E-state index in [0.717, 1.165) is 112 Å². The van der Waals surface area contributed by atoms with Crippen molar-refractivity contribution in [2.45, 2.75) is 362 Å². The molecule has 65 heteroatoms. The van der Waals surface area contributed by atoms with Crippen LogP contribution < -0.4 is 28.3 Å². The van der Waals surface area contributed by atoms with Gasteiger partial charge in [-0.05, 0) is 40.5 Å². The number of nitrogens with one attached hydrogen (secondary N) is 1. The van der Waals surface area contributed by atoms with Crippen LogP contribution in [0.1, 0.15) is 203 Å². The van der Waals surface area contributed by atoms with Crippen LogP contribution >= 0.6 is 46.9 Å². The molecule has 32 atom stereocenters. The summed E-state index contributed by atoms with van der Waals surface area (Å²) in [5.74, 6) is -7.36. The number of esters is 6. The van der Waals surface area contributed by atoms with E-state index >= 15 is 0 Å². The topological polar surface area (TPSA) is 903 Å². The third-order valence-electron chi connectivity index (χ3n) is 21.4. The molecule has 3 rings (SSSR count). The zero-order valence-electron chi connectivity index (χ0n) is 82.7. The fraction of sp³-hybridized carbons (Fsp3) is 0.914. The molecule has 0 radical (unpaired) electrons. The van der Waals surface area contributed by atoms with Crippen LogP contribution in [0.3, 0.4) is 0 Å². The predicted molar refractivity (Wildman–Crippen MR) is 496 cm³/mol. The number of aliphatic hydroxyl groups is 11. The van der Waals surface area contributed by atoms with Crippen molar-refractivity contribution in [2.24, 2.45) is 22.9 Å². The average Bonchev–Trinajstić information content (AvgIpc) is 0.801. The molecule has 6 unspecified atom stereocenters. The van der Waals surface area contributed by atoms with Crippen LogP contribution in [0, 0.1) is 0 Å². The minimum atomic E-state index is -5.76. The second-order valence-corrected chi connectivity index (χ2v) is 43.6. The lowest BCUT2D eigenvalue weighted by molar-refractivity contribution is -0.332. The first kappa shape index (κ1) is 136. The van der Waals surface area contributed by atoms with Crippen molar-refractivity contribution < 1.29 is 258 Å². The van der Waals surface area contributed by atoms with Crippen LogP contribution in [-0.4, -0.2) is 399 Å². The van der Waals surface area contributed by atoms with Gasteiger partial charge in [0, 0.05) is 19.8 Å². The summed E-state index contributed by atoms with van der Waals surface area (Å²) < 4.78 is 204. The van der Waals surface area contributed by atoms with E-state index in [0.29, 0.717) is 12.8 Å². The van der Waals surface area contributed by atoms with Crippen molar-refractivity contribution in [3.05, 3.63) is 0 Å². The molecule has 0 aromatic rings. The standard InChI is InChI=1S/C81H155N5O54P6/c1-8-10-12-14-16-18-20-22-24-26-28-30-64(91)117-35-55(132-65(92)31-29-27-25-23-21-19-17-15-13-11-9-2)36-118-80-73(99)71(97)68(94)62(139-80)47-119-81-74(100)72(98)69(95)63(140-81)48-131-146(115,116)130-46-60(137-79-66(86-53(7)89)70(96)67(93)61(33-88)138-79)45-129-145(113,114)128-44-59(136-78(104)52(6)85)43-127-144(111,112)126-42-58(135-77(103)51(5)84)41-125-143(109,110)124-40-57(134-76(102)50(4)83)39-123-142(107,108)122-38-56(133-75(101)49(3)82)37-121-141(105,106)120-34-54(90)32-87/h49-52,54-63,66-74,79-81,87-88,90,93-100H,8-48,82-85H2,1-7H3,(H,86,89)(H,105,106)(H,107,108)(H,109,110)(H,111,112)(H,113,114)(H,115,116)/t49-,50-,51-,52-,54+,55-,56+,57+,58+,59+,60+,61-,62-,63-,66-,67-,68-,69-,70-,71+,72+,73-,74-,79+,80-,81-/m1/s1. The minimum absolute atomic E-state index is 0.0113. The maximum absolute atomic E-state index is 13.8. The summed E-state index contributed by atoms with van der Waals surface area (Å²) in [5, 5.41) is 119. The molecule has 1 amide bonds. The number of ether oxygens (including phenoxy) is 12. The minimum Gasteiger partial charge on any atom is -0.462 e. The number of hydrogen-bond donors (Lipinski definition) is 22. The Hall–Kier alpha value is -3.89. The number of rotatable bonds is 82. The molecule has 0 aliphatic carbocycles. The van der Waals surface area contributed by atoms with Crippen molar-refractivity contribution in [3.8, 4) is 0 Å². The highest BCUT2D eigenvalue weighted by molar-refractivity contribution is 7.48. The molecule has 0 aromatic carbocycles. The van der Waals surface area contributed by atoms with Gasteiger partial charge in [0.2, 0.25) is 5.91 Å². The van der Waals surface area contributed by atoms with Crippen molar-refractivity contribution in [1.82, 2.24) is 5.32 Å². The lowest BCUT2D eigenvalue weighted by atomic mass is 9.97. The first-order valence-corrected chi connectivity index (χ1v) is 56.8. The summed E-state index contributed by atoms with van der Waals surface area (Å²) in [6.07, 6.45) is -18.5. The maximum Gasteiger partial charge on any atom is 0.472 e. The van der Waals surface area contributed by atoms with Crippen LogP contribution in [-0.2, 0) is 172 Å². The Morgan fingerprint density at radius 2 is 0.603 bits per heavy atom. The van der Waals surface area contributed by atoms with Gasteiger partial charge in [-0.2, -0.15) is 0 Å². The largest absolute Gasteiger partial charge is 0.472 e. The molecule has 146 heavy (non-hydrogen) atoms. The van der Waals surface area contributed by atoms with E-state index in [2.05, 4.69) is 28.2 Å². The number of amides is 1. The zero-order chi connectivity index (χ0) is 110. The van der Waals surface area contributed by atoms with E-state index in [1.165, 1.54) is 51.4 Å². The normalized spacial score (nSPS) is 26.2. The fourth-order valence-corrected chi connectivity index (χ4v) is 17.8. The Balaban J connectivity index is 1.79. The number of nitrogens with two attached hydrogens (primary N) is 4. The molecule has 59 nitrogen and oxygen atoms in total. The number of unbranched alkanes of at least 4 members (excludes halogenated alkanes) is 20. The van der Waals surface area contributed by atoms with E-state index in [1.807, 2.05) is 0 Å². The van der Waals surface area contributed by atoms with Crippen LogP contribution in [0.5, 0.6) is 0 Å². The number of hydrogen-bond acceptors (Lipinski definition) is 52. The van der Waals surface area contributed by atoms with Crippen molar-refractivity contribution in [1.29, 1.82) is 0 Å². The highest BCUT2D eigenvalue weighted by Gasteiger charge is 2.51. The van der Waals surface area contributed by atoms with Crippen molar-refractivity contribution >= 4 is 88.7 Å². The Bertz CT molecular complexity index is 4030. The second kappa shape index (κ2) is 71.3. The molecule has 858 valence electrons. The fourth-order valence-electron chi connectivity index (χ4n) is 13.1. The molecular weight excluding hydrogens is 2090 g/mol. The summed E-state index contributed by atoms with van der Waals surface area (Å²) in [4.78, 5) is 153. The third-order valence-corrected chi connectivity index (χ3v) is 27.1. The first-order valence-electron chi connectivity index (χ1n) is 47.9. The maximum atomic E-state index is 13.8. The summed E-state index contributed by atoms with van der Waals surface area (Å²) in [6, 6.07) is -7.71. The van der Waals surface area contributed by atoms with Gasteiger partial charge < -0.3 is 171 Å². The van der Waals surface area contributed by atoms with E-state index in [9.17, 15) is 141 Å². The highest BCUT2D eigenvalue weighted by atomic mass is 31.2. The molecule has 3 heterocycles. The smallest absolute Gasteiger partial charge is 0.462 e. The Morgan fingerprint density at radius 3 is 0.925 bits per heavy atom.